The first-order chi connectivity index (χ1) is 9.99. The zero-order valence-corrected chi connectivity index (χ0v) is 14.9. The van der Waals surface area contributed by atoms with Gasteiger partial charge in [0.05, 0.1) is 5.69 Å². The van der Waals surface area contributed by atoms with Crippen molar-refractivity contribution in [2.24, 2.45) is 0 Å². The van der Waals surface area contributed by atoms with Crippen molar-refractivity contribution >= 4 is 27.3 Å². The molecule has 0 radical (unpaired) electrons. The topological polar surface area (TPSA) is 24.9 Å². The number of aryl methyl sites for hydroxylation is 1. The summed E-state index contributed by atoms with van der Waals surface area (Å²) in [5.74, 6) is -0.242. The number of halogens is 2. The summed E-state index contributed by atoms with van der Waals surface area (Å²) < 4.78 is 14.3. The van der Waals surface area contributed by atoms with Crippen molar-refractivity contribution in [3.05, 3.63) is 39.1 Å². The standard InChI is InChI=1S/C16H20BrFN2S/c1-4-5-14-15(9-19-10(2)3)21-16(20-14)11-6-12(17)8-13(18)7-11/h6-8,10,19H,4-5,9H2,1-3H3. The molecule has 1 aromatic heterocycles. The van der Waals surface area contributed by atoms with E-state index in [1.54, 1.807) is 17.4 Å². The number of hydrogen-bond acceptors (Lipinski definition) is 3. The van der Waals surface area contributed by atoms with Crippen LogP contribution in [0.2, 0.25) is 0 Å². The highest BCUT2D eigenvalue weighted by Gasteiger charge is 2.13. The molecule has 2 nitrogen and oxygen atoms in total. The van der Waals surface area contributed by atoms with Crippen LogP contribution in [0.15, 0.2) is 22.7 Å². The molecule has 0 saturated heterocycles. The predicted octanol–water partition coefficient (Wildman–Crippen LogP) is 5.16. The van der Waals surface area contributed by atoms with Crippen molar-refractivity contribution < 1.29 is 4.39 Å². The van der Waals surface area contributed by atoms with E-state index in [0.717, 1.165) is 40.1 Å². The molecule has 0 amide bonds. The lowest BCUT2D eigenvalue weighted by atomic mass is 10.2. The second-order valence-corrected chi connectivity index (χ2v) is 7.33. The van der Waals surface area contributed by atoms with Crippen LogP contribution in [0.25, 0.3) is 10.6 Å². The minimum atomic E-state index is -0.242. The Morgan fingerprint density at radius 1 is 1.33 bits per heavy atom. The Bertz CT molecular complexity index is 590. The number of benzene rings is 1. The first-order valence-electron chi connectivity index (χ1n) is 7.18. The number of nitrogens with zero attached hydrogens (tertiary/aromatic N) is 1. The van der Waals surface area contributed by atoms with Crippen LogP contribution >= 0.6 is 27.3 Å². The minimum absolute atomic E-state index is 0.242. The average Bonchev–Trinajstić information content (AvgIpc) is 2.79. The van der Waals surface area contributed by atoms with Crippen LogP contribution in [-0.4, -0.2) is 11.0 Å². The summed E-state index contributed by atoms with van der Waals surface area (Å²) in [5.41, 5.74) is 1.96. The van der Waals surface area contributed by atoms with Crippen molar-refractivity contribution in [2.75, 3.05) is 0 Å². The molecule has 0 aliphatic rings. The lowest BCUT2D eigenvalue weighted by Gasteiger charge is -2.07. The molecule has 0 unspecified atom stereocenters. The van der Waals surface area contributed by atoms with Crippen LogP contribution in [0, 0.1) is 5.82 Å². The predicted molar refractivity (Wildman–Crippen MR) is 91.2 cm³/mol. The molecule has 0 bridgehead atoms. The Morgan fingerprint density at radius 2 is 2.10 bits per heavy atom. The van der Waals surface area contributed by atoms with E-state index in [-0.39, 0.29) is 5.82 Å². The Labute approximate surface area is 137 Å². The minimum Gasteiger partial charge on any atom is -0.310 e. The van der Waals surface area contributed by atoms with Gasteiger partial charge in [-0.3, -0.25) is 0 Å². The van der Waals surface area contributed by atoms with E-state index >= 15 is 0 Å². The van der Waals surface area contributed by atoms with Gasteiger partial charge in [0.25, 0.3) is 0 Å². The van der Waals surface area contributed by atoms with E-state index in [9.17, 15) is 4.39 Å². The molecule has 0 spiro atoms. The quantitative estimate of drug-likeness (QED) is 0.759. The molecule has 0 aliphatic heterocycles. The van der Waals surface area contributed by atoms with Crippen molar-refractivity contribution in [2.45, 2.75) is 46.2 Å². The van der Waals surface area contributed by atoms with Crippen molar-refractivity contribution in [3.63, 3.8) is 0 Å². The Hall–Kier alpha value is -0.780. The van der Waals surface area contributed by atoms with Crippen LogP contribution in [0.4, 0.5) is 4.39 Å². The van der Waals surface area contributed by atoms with Gasteiger partial charge in [-0.05, 0) is 24.6 Å². The maximum Gasteiger partial charge on any atom is 0.125 e. The summed E-state index contributed by atoms with van der Waals surface area (Å²) >= 11 is 4.99. The van der Waals surface area contributed by atoms with Crippen LogP contribution in [-0.2, 0) is 13.0 Å². The summed E-state index contributed by atoms with van der Waals surface area (Å²) in [5, 5.41) is 4.32. The molecular weight excluding hydrogens is 351 g/mol. The normalized spacial score (nSPS) is 11.3. The van der Waals surface area contributed by atoms with Crippen LogP contribution < -0.4 is 5.32 Å². The third-order valence-corrected chi connectivity index (χ3v) is 4.65. The number of thiazole rings is 1. The molecule has 114 valence electrons. The Morgan fingerprint density at radius 3 is 2.71 bits per heavy atom. The fourth-order valence-electron chi connectivity index (χ4n) is 2.05. The Kier molecular flexibility index (Phi) is 5.90. The number of rotatable bonds is 6. The van der Waals surface area contributed by atoms with E-state index in [2.05, 4.69) is 42.0 Å². The molecule has 0 aliphatic carbocycles. The van der Waals surface area contributed by atoms with E-state index in [1.807, 2.05) is 6.07 Å². The summed E-state index contributed by atoms with van der Waals surface area (Å²) in [6.45, 7) is 7.23. The van der Waals surface area contributed by atoms with Gasteiger partial charge in [0.1, 0.15) is 10.8 Å². The third-order valence-electron chi connectivity index (χ3n) is 3.05. The van der Waals surface area contributed by atoms with Gasteiger partial charge in [-0.2, -0.15) is 0 Å². The van der Waals surface area contributed by atoms with E-state index in [0.29, 0.717) is 6.04 Å². The van der Waals surface area contributed by atoms with Crippen LogP contribution in [0.3, 0.4) is 0 Å². The largest absolute Gasteiger partial charge is 0.310 e. The van der Waals surface area contributed by atoms with Gasteiger partial charge in [0, 0.05) is 27.5 Å². The van der Waals surface area contributed by atoms with Crippen molar-refractivity contribution in [1.82, 2.24) is 10.3 Å². The second-order valence-electron chi connectivity index (χ2n) is 5.33. The Balaban J connectivity index is 2.33. The van der Waals surface area contributed by atoms with Gasteiger partial charge >= 0.3 is 0 Å². The summed E-state index contributed by atoms with van der Waals surface area (Å²) in [6, 6.07) is 5.36. The van der Waals surface area contributed by atoms with Gasteiger partial charge in [0.15, 0.2) is 0 Å². The molecule has 0 atom stereocenters. The summed E-state index contributed by atoms with van der Waals surface area (Å²) in [7, 11) is 0. The molecule has 1 aromatic carbocycles. The zero-order valence-electron chi connectivity index (χ0n) is 12.5. The highest BCUT2D eigenvalue weighted by Crippen LogP contribution is 2.31. The lowest BCUT2D eigenvalue weighted by Crippen LogP contribution is -2.21. The van der Waals surface area contributed by atoms with E-state index in [1.165, 1.54) is 10.9 Å². The fourth-order valence-corrected chi connectivity index (χ4v) is 3.56. The molecule has 21 heavy (non-hydrogen) atoms. The smallest absolute Gasteiger partial charge is 0.125 e. The lowest BCUT2D eigenvalue weighted by molar-refractivity contribution is 0.589. The monoisotopic (exact) mass is 370 g/mol. The average molecular weight is 371 g/mol. The maximum absolute atomic E-state index is 13.6. The molecular formula is C16H20BrFN2S. The van der Waals surface area contributed by atoms with Gasteiger partial charge < -0.3 is 5.32 Å². The first-order valence-corrected chi connectivity index (χ1v) is 8.79. The molecule has 5 heteroatoms. The number of aromatic nitrogens is 1. The van der Waals surface area contributed by atoms with Crippen molar-refractivity contribution in [1.29, 1.82) is 0 Å². The summed E-state index contributed by atoms with van der Waals surface area (Å²) in [4.78, 5) is 5.97. The molecule has 0 fully saturated rings. The molecule has 1 N–H and O–H groups in total. The van der Waals surface area contributed by atoms with Gasteiger partial charge in [-0.1, -0.05) is 43.1 Å². The summed E-state index contributed by atoms with van der Waals surface area (Å²) in [6.07, 6.45) is 2.02. The molecule has 2 rings (SSSR count). The van der Waals surface area contributed by atoms with Crippen molar-refractivity contribution in [3.8, 4) is 10.6 Å². The second kappa shape index (κ2) is 7.47. The van der Waals surface area contributed by atoms with E-state index in [4.69, 9.17) is 4.98 Å². The van der Waals surface area contributed by atoms with Crippen LogP contribution in [0.5, 0.6) is 0 Å². The molecule has 0 saturated carbocycles. The fraction of sp³-hybridized carbons (Fsp3) is 0.438. The third kappa shape index (κ3) is 4.59. The highest BCUT2D eigenvalue weighted by atomic mass is 79.9. The highest BCUT2D eigenvalue weighted by molar-refractivity contribution is 9.10. The van der Waals surface area contributed by atoms with Gasteiger partial charge in [0.2, 0.25) is 0 Å². The SMILES string of the molecule is CCCc1nc(-c2cc(F)cc(Br)c2)sc1CNC(C)C. The number of nitrogens with one attached hydrogen (secondary N) is 1. The van der Waals surface area contributed by atoms with Gasteiger partial charge in [-0.25, -0.2) is 9.37 Å². The number of hydrogen-bond donors (Lipinski definition) is 1. The molecule has 2 aromatic rings. The van der Waals surface area contributed by atoms with Gasteiger partial charge in [-0.15, -0.1) is 11.3 Å². The first kappa shape index (κ1) is 16.6. The van der Waals surface area contributed by atoms with E-state index < -0.39 is 0 Å². The maximum atomic E-state index is 13.6. The molecule has 1 heterocycles. The zero-order chi connectivity index (χ0) is 15.4. The van der Waals surface area contributed by atoms with Crippen LogP contribution in [0.1, 0.15) is 37.8 Å².